The number of rotatable bonds is 4. The van der Waals surface area contributed by atoms with Gasteiger partial charge in [0.1, 0.15) is 11.6 Å². The van der Waals surface area contributed by atoms with Crippen molar-refractivity contribution in [2.45, 2.75) is 18.9 Å². The molecule has 0 saturated heterocycles. The summed E-state index contributed by atoms with van der Waals surface area (Å²) in [6, 6.07) is 5.54. The van der Waals surface area contributed by atoms with Crippen LogP contribution in [0.15, 0.2) is 24.3 Å². The zero-order chi connectivity index (χ0) is 10.8. The molecule has 1 unspecified atom stereocenters. The van der Waals surface area contributed by atoms with Gasteiger partial charge in [0.2, 0.25) is 0 Å². The van der Waals surface area contributed by atoms with Crippen molar-refractivity contribution in [3.63, 3.8) is 0 Å². The summed E-state index contributed by atoms with van der Waals surface area (Å²) in [6.07, 6.45) is 0.894. The number of carboxylic acids is 1. The van der Waals surface area contributed by atoms with Crippen molar-refractivity contribution in [1.82, 2.24) is 0 Å². The Balaban J connectivity index is 2.08. The summed E-state index contributed by atoms with van der Waals surface area (Å²) < 4.78 is 18.0. The Morgan fingerprint density at radius 1 is 1.53 bits per heavy atom. The van der Waals surface area contributed by atoms with Gasteiger partial charge in [0.05, 0.1) is 0 Å². The molecule has 3 nitrogen and oxygen atoms in total. The first-order valence-electron chi connectivity index (χ1n) is 4.82. The fourth-order valence-corrected chi connectivity index (χ4v) is 1.43. The van der Waals surface area contributed by atoms with Gasteiger partial charge in [-0.25, -0.2) is 9.18 Å². The van der Waals surface area contributed by atoms with Gasteiger partial charge >= 0.3 is 5.97 Å². The molecule has 0 heterocycles. The van der Waals surface area contributed by atoms with E-state index in [9.17, 15) is 9.18 Å². The third-order valence-corrected chi connectivity index (χ3v) is 2.35. The lowest BCUT2D eigenvalue weighted by atomic mass is 10.2. The second-order valence-corrected chi connectivity index (χ2v) is 3.67. The van der Waals surface area contributed by atoms with Crippen LogP contribution in [0.2, 0.25) is 0 Å². The molecular weight excluding hydrogens is 199 g/mol. The smallest absolute Gasteiger partial charge is 0.345 e. The van der Waals surface area contributed by atoms with Crippen LogP contribution in [-0.2, 0) is 4.79 Å². The zero-order valence-electron chi connectivity index (χ0n) is 8.02. The van der Waals surface area contributed by atoms with Gasteiger partial charge in [-0.3, -0.25) is 0 Å². The van der Waals surface area contributed by atoms with Crippen LogP contribution in [0.4, 0.5) is 4.39 Å². The maximum atomic E-state index is 12.8. The third kappa shape index (κ3) is 2.46. The van der Waals surface area contributed by atoms with Crippen molar-refractivity contribution in [3.05, 3.63) is 30.1 Å². The Labute approximate surface area is 86.5 Å². The summed E-state index contributed by atoms with van der Waals surface area (Å²) in [5.74, 6) is -1.06. The van der Waals surface area contributed by atoms with Gasteiger partial charge in [-0.2, -0.15) is 0 Å². The van der Waals surface area contributed by atoms with E-state index in [0.29, 0.717) is 0 Å². The third-order valence-electron chi connectivity index (χ3n) is 2.35. The highest BCUT2D eigenvalue weighted by molar-refractivity contribution is 5.73. The molecule has 1 atom stereocenters. The monoisotopic (exact) mass is 210 g/mol. The van der Waals surface area contributed by atoms with Crippen molar-refractivity contribution in [3.8, 4) is 5.75 Å². The topological polar surface area (TPSA) is 46.5 Å². The highest BCUT2D eigenvalue weighted by atomic mass is 19.1. The SMILES string of the molecule is O=C(O)C(Oc1cccc(F)c1)C1CC1. The Kier molecular flexibility index (Phi) is 2.58. The van der Waals surface area contributed by atoms with Crippen LogP contribution in [0.25, 0.3) is 0 Å². The minimum absolute atomic E-state index is 0.0748. The van der Waals surface area contributed by atoms with Crippen LogP contribution in [-0.4, -0.2) is 17.2 Å². The molecule has 0 aromatic heterocycles. The Morgan fingerprint density at radius 3 is 2.80 bits per heavy atom. The van der Waals surface area contributed by atoms with Gasteiger partial charge in [0.15, 0.2) is 6.10 Å². The van der Waals surface area contributed by atoms with Crippen LogP contribution in [0.1, 0.15) is 12.8 Å². The van der Waals surface area contributed by atoms with E-state index in [4.69, 9.17) is 9.84 Å². The Morgan fingerprint density at radius 2 is 2.27 bits per heavy atom. The molecule has 0 spiro atoms. The van der Waals surface area contributed by atoms with Crippen LogP contribution < -0.4 is 4.74 Å². The molecule has 0 amide bonds. The number of carboxylic acid groups (broad SMARTS) is 1. The quantitative estimate of drug-likeness (QED) is 0.827. The number of aliphatic carboxylic acids is 1. The molecule has 15 heavy (non-hydrogen) atoms. The summed E-state index contributed by atoms with van der Waals surface area (Å²) in [5, 5.41) is 8.90. The molecule has 0 radical (unpaired) electrons. The van der Waals surface area contributed by atoms with Crippen LogP contribution >= 0.6 is 0 Å². The number of ether oxygens (including phenoxy) is 1. The second kappa shape index (κ2) is 3.88. The van der Waals surface area contributed by atoms with Gasteiger partial charge in [0, 0.05) is 12.0 Å². The number of carbonyl (C=O) groups is 1. The number of hydrogen-bond donors (Lipinski definition) is 1. The molecule has 4 heteroatoms. The van der Waals surface area contributed by atoms with Gasteiger partial charge < -0.3 is 9.84 Å². The zero-order valence-corrected chi connectivity index (χ0v) is 8.02. The predicted molar refractivity (Wildman–Crippen MR) is 51.2 cm³/mol. The summed E-state index contributed by atoms with van der Waals surface area (Å²) in [6.45, 7) is 0. The largest absolute Gasteiger partial charge is 0.478 e. The minimum atomic E-state index is -0.984. The first-order chi connectivity index (χ1) is 7.16. The molecule has 1 saturated carbocycles. The van der Waals surface area contributed by atoms with Gasteiger partial charge in [-0.15, -0.1) is 0 Å². The van der Waals surface area contributed by atoms with E-state index in [1.165, 1.54) is 18.2 Å². The van der Waals surface area contributed by atoms with Crippen molar-refractivity contribution >= 4 is 5.97 Å². The number of benzene rings is 1. The lowest BCUT2D eigenvalue weighted by Gasteiger charge is -2.13. The van der Waals surface area contributed by atoms with E-state index >= 15 is 0 Å². The van der Waals surface area contributed by atoms with Crippen LogP contribution in [0.3, 0.4) is 0 Å². The van der Waals surface area contributed by atoms with E-state index in [2.05, 4.69) is 0 Å². The molecule has 80 valence electrons. The molecule has 1 N–H and O–H groups in total. The highest BCUT2D eigenvalue weighted by Crippen LogP contribution is 2.35. The molecule has 0 aliphatic heterocycles. The van der Waals surface area contributed by atoms with E-state index in [1.54, 1.807) is 6.07 Å². The fraction of sp³-hybridized carbons (Fsp3) is 0.364. The second-order valence-electron chi connectivity index (χ2n) is 3.67. The van der Waals surface area contributed by atoms with Crippen molar-refractivity contribution in [2.75, 3.05) is 0 Å². The predicted octanol–water partition coefficient (Wildman–Crippen LogP) is 2.07. The summed E-state index contributed by atoms with van der Waals surface area (Å²) in [5.41, 5.74) is 0. The van der Waals surface area contributed by atoms with Gasteiger partial charge in [-0.1, -0.05) is 6.07 Å². The summed E-state index contributed by atoms with van der Waals surface area (Å²) in [7, 11) is 0. The molecule has 0 bridgehead atoms. The van der Waals surface area contributed by atoms with Crippen molar-refractivity contribution in [1.29, 1.82) is 0 Å². The molecule has 1 aliphatic rings. The van der Waals surface area contributed by atoms with Crippen LogP contribution in [0, 0.1) is 11.7 Å². The minimum Gasteiger partial charge on any atom is -0.478 e. The Bertz CT molecular complexity index is 374. The molecule has 1 fully saturated rings. The molecule has 2 rings (SSSR count). The standard InChI is InChI=1S/C11H11FO3/c12-8-2-1-3-9(6-8)15-10(11(13)14)7-4-5-7/h1-3,6-7,10H,4-5H2,(H,13,14). The van der Waals surface area contributed by atoms with Crippen LogP contribution in [0.5, 0.6) is 5.75 Å². The lowest BCUT2D eigenvalue weighted by Crippen LogP contribution is -2.29. The van der Waals surface area contributed by atoms with E-state index in [0.717, 1.165) is 12.8 Å². The van der Waals surface area contributed by atoms with Crippen molar-refractivity contribution in [2.24, 2.45) is 5.92 Å². The average Bonchev–Trinajstić information content (AvgIpc) is 2.97. The van der Waals surface area contributed by atoms with Crippen molar-refractivity contribution < 1.29 is 19.0 Å². The van der Waals surface area contributed by atoms with E-state index < -0.39 is 17.9 Å². The molecule has 1 aliphatic carbocycles. The van der Waals surface area contributed by atoms with Gasteiger partial charge in [0.25, 0.3) is 0 Å². The highest BCUT2D eigenvalue weighted by Gasteiger charge is 2.38. The fourth-order valence-electron chi connectivity index (χ4n) is 1.43. The van der Waals surface area contributed by atoms with E-state index in [1.807, 2.05) is 0 Å². The maximum Gasteiger partial charge on any atom is 0.345 e. The van der Waals surface area contributed by atoms with E-state index in [-0.39, 0.29) is 11.7 Å². The normalized spacial score (nSPS) is 17.1. The van der Waals surface area contributed by atoms with Gasteiger partial charge in [-0.05, 0) is 25.0 Å². The first-order valence-corrected chi connectivity index (χ1v) is 4.82. The maximum absolute atomic E-state index is 12.8. The molecular formula is C11H11FO3. The number of halogens is 1. The Hall–Kier alpha value is -1.58. The molecule has 1 aromatic carbocycles. The first kappa shape index (κ1) is 9.96. The summed E-state index contributed by atoms with van der Waals surface area (Å²) in [4.78, 5) is 10.9. The molecule has 1 aromatic rings. The number of hydrogen-bond acceptors (Lipinski definition) is 2. The lowest BCUT2D eigenvalue weighted by molar-refractivity contribution is -0.146. The summed E-state index contributed by atoms with van der Waals surface area (Å²) >= 11 is 0. The average molecular weight is 210 g/mol.